The number of nitrogens with one attached hydrogen (secondary N) is 1. The number of likely N-dealkylation sites (N-methyl/N-ethyl adjacent to an activating group) is 1. The van der Waals surface area contributed by atoms with E-state index >= 15 is 0 Å². The number of rotatable bonds is 3. The van der Waals surface area contributed by atoms with E-state index in [1.54, 1.807) is 0 Å². The van der Waals surface area contributed by atoms with Crippen molar-refractivity contribution in [2.45, 2.75) is 33.4 Å². The molecular weight excluding hydrogens is 198 g/mol. The Morgan fingerprint density at radius 1 is 1.50 bits per heavy atom. The van der Waals surface area contributed by atoms with Gasteiger partial charge in [-0.1, -0.05) is 6.92 Å². The second-order valence-electron chi connectivity index (χ2n) is 4.61. The standard InChI is InChI=1S/C13H21N3/c1-4-14-8-11-7-12-9-16(3)6-5-13(12)15-10(11)2/h7,14H,4-6,8-9H2,1-3H3. The highest BCUT2D eigenvalue weighted by molar-refractivity contribution is 5.31. The van der Waals surface area contributed by atoms with Crippen LogP contribution in [0.25, 0.3) is 0 Å². The Morgan fingerprint density at radius 2 is 2.31 bits per heavy atom. The van der Waals surface area contributed by atoms with Crippen molar-refractivity contribution in [3.63, 3.8) is 0 Å². The van der Waals surface area contributed by atoms with Crippen molar-refractivity contribution in [1.29, 1.82) is 0 Å². The molecule has 2 heterocycles. The molecule has 1 N–H and O–H groups in total. The highest BCUT2D eigenvalue weighted by Crippen LogP contribution is 2.19. The number of fused-ring (bicyclic) bond motifs is 1. The minimum Gasteiger partial charge on any atom is -0.313 e. The monoisotopic (exact) mass is 219 g/mol. The van der Waals surface area contributed by atoms with E-state index in [9.17, 15) is 0 Å². The van der Waals surface area contributed by atoms with E-state index in [1.807, 2.05) is 0 Å². The smallest absolute Gasteiger partial charge is 0.0464 e. The zero-order valence-corrected chi connectivity index (χ0v) is 10.5. The van der Waals surface area contributed by atoms with Gasteiger partial charge in [0.25, 0.3) is 0 Å². The van der Waals surface area contributed by atoms with Crippen molar-refractivity contribution >= 4 is 0 Å². The van der Waals surface area contributed by atoms with Crippen molar-refractivity contribution in [2.75, 3.05) is 20.1 Å². The minimum absolute atomic E-state index is 0.937. The van der Waals surface area contributed by atoms with Crippen LogP contribution < -0.4 is 5.32 Å². The zero-order valence-electron chi connectivity index (χ0n) is 10.5. The fraction of sp³-hybridized carbons (Fsp3) is 0.615. The fourth-order valence-corrected chi connectivity index (χ4v) is 2.20. The lowest BCUT2D eigenvalue weighted by Gasteiger charge is -2.25. The Bertz CT molecular complexity index is 374. The molecule has 88 valence electrons. The van der Waals surface area contributed by atoms with Crippen LogP contribution in [0.1, 0.15) is 29.4 Å². The predicted octanol–water partition coefficient (Wildman–Crippen LogP) is 1.49. The van der Waals surface area contributed by atoms with Crippen LogP contribution in [-0.2, 0) is 19.5 Å². The van der Waals surface area contributed by atoms with Crippen LogP contribution in [0.4, 0.5) is 0 Å². The van der Waals surface area contributed by atoms with Crippen LogP contribution in [0.2, 0.25) is 0 Å². The molecule has 16 heavy (non-hydrogen) atoms. The van der Waals surface area contributed by atoms with Gasteiger partial charge in [0.1, 0.15) is 0 Å². The van der Waals surface area contributed by atoms with Crippen molar-refractivity contribution in [2.24, 2.45) is 0 Å². The Labute approximate surface area is 97.9 Å². The van der Waals surface area contributed by atoms with Gasteiger partial charge in [-0.2, -0.15) is 0 Å². The maximum Gasteiger partial charge on any atom is 0.0464 e. The molecule has 0 amide bonds. The second kappa shape index (κ2) is 4.93. The van der Waals surface area contributed by atoms with Gasteiger partial charge in [0.2, 0.25) is 0 Å². The highest BCUT2D eigenvalue weighted by Gasteiger charge is 2.15. The summed E-state index contributed by atoms with van der Waals surface area (Å²) in [7, 11) is 2.17. The molecule has 0 aromatic carbocycles. The molecule has 1 aliphatic heterocycles. The van der Waals surface area contributed by atoms with Crippen molar-refractivity contribution in [3.05, 3.63) is 28.6 Å². The van der Waals surface area contributed by atoms with E-state index in [-0.39, 0.29) is 0 Å². The normalized spacial score (nSPS) is 16.2. The van der Waals surface area contributed by atoms with Crippen molar-refractivity contribution < 1.29 is 0 Å². The summed E-state index contributed by atoms with van der Waals surface area (Å²) in [5, 5.41) is 3.37. The van der Waals surface area contributed by atoms with Gasteiger partial charge in [0, 0.05) is 37.4 Å². The highest BCUT2D eigenvalue weighted by atomic mass is 15.1. The number of hydrogen-bond donors (Lipinski definition) is 1. The number of aromatic nitrogens is 1. The predicted molar refractivity (Wildman–Crippen MR) is 66.4 cm³/mol. The van der Waals surface area contributed by atoms with Crippen LogP contribution in [-0.4, -0.2) is 30.0 Å². The summed E-state index contributed by atoms with van der Waals surface area (Å²) in [4.78, 5) is 7.09. The van der Waals surface area contributed by atoms with Gasteiger partial charge in [-0.3, -0.25) is 4.98 Å². The number of aryl methyl sites for hydroxylation is 1. The van der Waals surface area contributed by atoms with E-state index in [4.69, 9.17) is 4.98 Å². The average molecular weight is 219 g/mol. The first-order valence-corrected chi connectivity index (χ1v) is 6.08. The van der Waals surface area contributed by atoms with Gasteiger partial charge in [-0.05, 0) is 37.7 Å². The van der Waals surface area contributed by atoms with E-state index in [0.29, 0.717) is 0 Å². The van der Waals surface area contributed by atoms with E-state index in [1.165, 1.54) is 22.5 Å². The number of pyridine rings is 1. The molecule has 0 saturated carbocycles. The van der Waals surface area contributed by atoms with Crippen LogP contribution in [0.15, 0.2) is 6.07 Å². The molecule has 3 nitrogen and oxygen atoms in total. The molecule has 0 spiro atoms. The van der Waals surface area contributed by atoms with Crippen molar-refractivity contribution in [1.82, 2.24) is 15.2 Å². The largest absolute Gasteiger partial charge is 0.313 e. The molecule has 0 unspecified atom stereocenters. The van der Waals surface area contributed by atoms with Gasteiger partial charge < -0.3 is 10.2 Å². The first-order valence-electron chi connectivity index (χ1n) is 6.08. The van der Waals surface area contributed by atoms with Gasteiger partial charge in [-0.15, -0.1) is 0 Å². The van der Waals surface area contributed by atoms with E-state index in [2.05, 4.69) is 37.2 Å². The molecule has 1 aromatic heterocycles. The Balaban J connectivity index is 2.24. The summed E-state index contributed by atoms with van der Waals surface area (Å²) in [6.45, 7) is 8.37. The Kier molecular flexibility index (Phi) is 3.56. The quantitative estimate of drug-likeness (QED) is 0.835. The molecule has 0 aliphatic carbocycles. The summed E-state index contributed by atoms with van der Waals surface area (Å²) in [6, 6.07) is 2.33. The van der Waals surface area contributed by atoms with Crippen LogP contribution in [0.3, 0.4) is 0 Å². The van der Waals surface area contributed by atoms with Crippen LogP contribution in [0, 0.1) is 6.92 Å². The lowest BCUT2D eigenvalue weighted by Crippen LogP contribution is -2.28. The summed E-state index contributed by atoms with van der Waals surface area (Å²) < 4.78 is 0. The minimum atomic E-state index is 0.937. The van der Waals surface area contributed by atoms with Crippen LogP contribution >= 0.6 is 0 Å². The summed E-state index contributed by atoms with van der Waals surface area (Å²) in [6.07, 6.45) is 1.09. The average Bonchev–Trinajstić information content (AvgIpc) is 2.27. The Hall–Kier alpha value is -0.930. The Morgan fingerprint density at radius 3 is 3.06 bits per heavy atom. The van der Waals surface area contributed by atoms with Crippen LogP contribution in [0.5, 0.6) is 0 Å². The van der Waals surface area contributed by atoms with Gasteiger partial charge in [0.05, 0.1) is 0 Å². The lowest BCUT2D eigenvalue weighted by atomic mass is 10.0. The topological polar surface area (TPSA) is 28.2 Å². The maximum absolute atomic E-state index is 4.73. The summed E-state index contributed by atoms with van der Waals surface area (Å²) in [5.74, 6) is 0. The van der Waals surface area contributed by atoms with Gasteiger partial charge >= 0.3 is 0 Å². The molecule has 3 heteroatoms. The molecule has 0 saturated heterocycles. The van der Waals surface area contributed by atoms with Gasteiger partial charge in [-0.25, -0.2) is 0 Å². The molecule has 2 rings (SSSR count). The third kappa shape index (κ3) is 2.42. The van der Waals surface area contributed by atoms with Gasteiger partial charge in [0.15, 0.2) is 0 Å². The summed E-state index contributed by atoms with van der Waals surface area (Å²) >= 11 is 0. The molecule has 1 aliphatic rings. The fourth-order valence-electron chi connectivity index (χ4n) is 2.20. The molecule has 0 radical (unpaired) electrons. The van der Waals surface area contributed by atoms with E-state index in [0.717, 1.165) is 32.6 Å². The zero-order chi connectivity index (χ0) is 11.5. The SMILES string of the molecule is CCNCc1cc2c(nc1C)CCN(C)C2. The number of hydrogen-bond acceptors (Lipinski definition) is 3. The first kappa shape index (κ1) is 11.6. The third-order valence-electron chi connectivity index (χ3n) is 3.22. The second-order valence-corrected chi connectivity index (χ2v) is 4.61. The molecule has 0 fully saturated rings. The lowest BCUT2D eigenvalue weighted by molar-refractivity contribution is 0.309. The molecule has 0 atom stereocenters. The number of nitrogens with zero attached hydrogens (tertiary/aromatic N) is 2. The van der Waals surface area contributed by atoms with E-state index < -0.39 is 0 Å². The third-order valence-corrected chi connectivity index (χ3v) is 3.22. The molecule has 0 bridgehead atoms. The molecular formula is C13H21N3. The maximum atomic E-state index is 4.73. The first-order chi connectivity index (χ1) is 7.70. The summed E-state index contributed by atoms with van der Waals surface area (Å²) in [5.41, 5.74) is 5.24. The van der Waals surface area contributed by atoms with Crippen molar-refractivity contribution in [3.8, 4) is 0 Å². The molecule has 1 aromatic rings.